The Labute approximate surface area is 129 Å². The lowest BCUT2D eigenvalue weighted by Gasteiger charge is -2.12. The second-order valence-corrected chi connectivity index (χ2v) is 5.07. The Bertz CT molecular complexity index is 634. The fourth-order valence-electron chi connectivity index (χ4n) is 2.35. The van der Waals surface area contributed by atoms with Crippen LogP contribution in [0.25, 0.3) is 11.0 Å². The third-order valence-corrected chi connectivity index (χ3v) is 3.25. The van der Waals surface area contributed by atoms with Crippen LogP contribution < -0.4 is 11.5 Å². The molecule has 4 N–H and O–H groups in total. The van der Waals surface area contributed by atoms with Crippen LogP contribution in [0, 0.1) is 0 Å². The summed E-state index contributed by atoms with van der Waals surface area (Å²) in [6, 6.07) is 3.56. The van der Waals surface area contributed by atoms with E-state index < -0.39 is 5.91 Å². The quantitative estimate of drug-likeness (QED) is 0.896. The zero-order valence-electron chi connectivity index (χ0n) is 12.0. The molecular formula is C14H21BrN4O. The lowest BCUT2D eigenvalue weighted by molar-refractivity contribution is 0.100. The summed E-state index contributed by atoms with van der Waals surface area (Å²) < 4.78 is 2.01. The molecule has 5 nitrogen and oxygen atoms in total. The number of rotatable bonds is 4. The summed E-state index contributed by atoms with van der Waals surface area (Å²) in [4.78, 5) is 15.7. The number of primary amides is 1. The number of hydrogen-bond acceptors (Lipinski definition) is 3. The summed E-state index contributed by atoms with van der Waals surface area (Å²) in [5.74, 6) is 0.321. The first-order chi connectivity index (χ1) is 8.95. The molecule has 0 aliphatic carbocycles. The van der Waals surface area contributed by atoms with Gasteiger partial charge in [0.25, 0.3) is 0 Å². The molecule has 1 aromatic carbocycles. The fourth-order valence-corrected chi connectivity index (χ4v) is 2.35. The number of amides is 1. The average Bonchev–Trinajstić information content (AvgIpc) is 2.65. The van der Waals surface area contributed by atoms with Gasteiger partial charge in [0.1, 0.15) is 0 Å². The molecule has 6 heteroatoms. The summed E-state index contributed by atoms with van der Waals surface area (Å²) in [6.45, 7) is 7.08. The maximum atomic E-state index is 11.4. The van der Waals surface area contributed by atoms with E-state index in [2.05, 4.69) is 25.8 Å². The second-order valence-electron chi connectivity index (χ2n) is 5.07. The fraction of sp³-hybridized carbons (Fsp3) is 0.429. The summed E-state index contributed by atoms with van der Waals surface area (Å²) in [7, 11) is 0. The van der Waals surface area contributed by atoms with E-state index in [0.29, 0.717) is 11.5 Å². The van der Waals surface area contributed by atoms with Gasteiger partial charge in [-0.2, -0.15) is 0 Å². The van der Waals surface area contributed by atoms with Crippen LogP contribution in [0.2, 0.25) is 0 Å². The van der Waals surface area contributed by atoms with E-state index in [0.717, 1.165) is 29.6 Å². The maximum absolute atomic E-state index is 11.4. The number of fused-ring (bicyclic) bond motifs is 1. The van der Waals surface area contributed by atoms with Crippen molar-refractivity contribution < 1.29 is 4.79 Å². The van der Waals surface area contributed by atoms with Gasteiger partial charge in [-0.05, 0) is 30.0 Å². The third kappa shape index (κ3) is 2.80. The molecule has 20 heavy (non-hydrogen) atoms. The number of halogens is 1. The Morgan fingerprint density at radius 1 is 1.40 bits per heavy atom. The lowest BCUT2D eigenvalue weighted by Crippen LogP contribution is -2.12. The van der Waals surface area contributed by atoms with E-state index in [-0.39, 0.29) is 22.9 Å². The van der Waals surface area contributed by atoms with Crippen LogP contribution >= 0.6 is 17.0 Å². The minimum absolute atomic E-state index is 0. The molecule has 0 aliphatic heterocycles. The molecule has 2 aromatic rings. The van der Waals surface area contributed by atoms with Gasteiger partial charge >= 0.3 is 0 Å². The Hall–Kier alpha value is -1.56. The predicted octanol–water partition coefficient (Wildman–Crippen LogP) is 2.83. The Kier molecular flexibility index (Phi) is 5.16. The average molecular weight is 341 g/mol. The van der Waals surface area contributed by atoms with Crippen LogP contribution in [0.3, 0.4) is 0 Å². The van der Waals surface area contributed by atoms with Gasteiger partial charge in [0.15, 0.2) is 0 Å². The highest BCUT2D eigenvalue weighted by atomic mass is 79.9. The van der Waals surface area contributed by atoms with E-state index in [1.165, 1.54) is 0 Å². The minimum Gasteiger partial charge on any atom is -0.369 e. The largest absolute Gasteiger partial charge is 0.369 e. The van der Waals surface area contributed by atoms with E-state index in [4.69, 9.17) is 11.5 Å². The number of aromatic nitrogens is 2. The van der Waals surface area contributed by atoms with Crippen molar-refractivity contribution >= 4 is 39.9 Å². The van der Waals surface area contributed by atoms with Gasteiger partial charge in [-0.25, -0.2) is 4.98 Å². The van der Waals surface area contributed by atoms with Crippen molar-refractivity contribution in [1.82, 2.24) is 9.55 Å². The first-order valence-electron chi connectivity index (χ1n) is 6.55. The smallest absolute Gasteiger partial charge is 0.248 e. The van der Waals surface area contributed by atoms with Crippen molar-refractivity contribution in [2.75, 3.05) is 5.73 Å². The summed E-state index contributed by atoms with van der Waals surface area (Å²) >= 11 is 0. The second kappa shape index (κ2) is 6.26. The highest BCUT2D eigenvalue weighted by molar-refractivity contribution is 8.93. The summed E-state index contributed by atoms with van der Waals surface area (Å²) in [5, 5.41) is 0. The molecule has 0 spiro atoms. The van der Waals surface area contributed by atoms with Crippen LogP contribution in [-0.4, -0.2) is 15.5 Å². The number of aryl methyl sites for hydroxylation is 1. The SMILES string of the molecule is Br.CCCn1c(N)nc2cc(C(N)=O)cc(C(C)C)c21. The molecule has 0 aliphatic rings. The number of carbonyl (C=O) groups excluding carboxylic acids is 1. The van der Waals surface area contributed by atoms with Crippen molar-refractivity contribution in [3.63, 3.8) is 0 Å². The van der Waals surface area contributed by atoms with Gasteiger partial charge in [-0.15, -0.1) is 17.0 Å². The van der Waals surface area contributed by atoms with E-state index in [1.54, 1.807) is 6.07 Å². The van der Waals surface area contributed by atoms with Crippen molar-refractivity contribution in [2.45, 2.75) is 39.7 Å². The predicted molar refractivity (Wildman–Crippen MR) is 87.4 cm³/mol. The zero-order chi connectivity index (χ0) is 14.2. The van der Waals surface area contributed by atoms with Crippen LogP contribution in [0.5, 0.6) is 0 Å². The Morgan fingerprint density at radius 2 is 2.05 bits per heavy atom. The van der Waals surface area contributed by atoms with Crippen LogP contribution in [0.15, 0.2) is 12.1 Å². The molecule has 0 radical (unpaired) electrons. The van der Waals surface area contributed by atoms with Crippen molar-refractivity contribution in [3.05, 3.63) is 23.3 Å². The van der Waals surface area contributed by atoms with Crippen LogP contribution in [0.4, 0.5) is 5.95 Å². The van der Waals surface area contributed by atoms with Gasteiger partial charge in [0.2, 0.25) is 11.9 Å². The Morgan fingerprint density at radius 3 is 2.55 bits per heavy atom. The number of anilines is 1. The van der Waals surface area contributed by atoms with Gasteiger partial charge < -0.3 is 16.0 Å². The number of benzene rings is 1. The van der Waals surface area contributed by atoms with Crippen molar-refractivity contribution in [3.8, 4) is 0 Å². The molecule has 1 heterocycles. The molecular weight excluding hydrogens is 320 g/mol. The highest BCUT2D eigenvalue weighted by Gasteiger charge is 2.17. The molecule has 0 bridgehead atoms. The third-order valence-electron chi connectivity index (χ3n) is 3.25. The molecule has 0 fully saturated rings. The number of hydrogen-bond donors (Lipinski definition) is 2. The summed E-state index contributed by atoms with van der Waals surface area (Å²) in [6.07, 6.45) is 0.977. The van der Waals surface area contributed by atoms with E-state index in [9.17, 15) is 4.79 Å². The maximum Gasteiger partial charge on any atom is 0.248 e. The van der Waals surface area contributed by atoms with E-state index >= 15 is 0 Å². The van der Waals surface area contributed by atoms with Crippen molar-refractivity contribution in [1.29, 1.82) is 0 Å². The molecule has 2 rings (SSSR count). The normalized spacial score (nSPS) is 10.8. The summed E-state index contributed by atoms with van der Waals surface area (Å²) in [5.41, 5.74) is 14.6. The molecule has 0 unspecified atom stereocenters. The molecule has 1 amide bonds. The van der Waals surface area contributed by atoms with Gasteiger partial charge in [0.05, 0.1) is 11.0 Å². The molecule has 0 saturated carbocycles. The Balaban J connectivity index is 0.00000200. The minimum atomic E-state index is -0.438. The standard InChI is InChI=1S/C14H20N4O.BrH/c1-4-5-18-12-10(8(2)3)6-9(13(15)19)7-11(12)17-14(18)16;/h6-8H,4-5H2,1-3H3,(H2,15,19)(H2,16,17);1H. The van der Waals surface area contributed by atoms with E-state index in [1.807, 2.05) is 10.6 Å². The number of imidazole rings is 1. The number of nitrogens with two attached hydrogens (primary N) is 2. The first-order valence-corrected chi connectivity index (χ1v) is 6.55. The zero-order valence-corrected chi connectivity index (χ0v) is 13.7. The lowest BCUT2D eigenvalue weighted by atomic mass is 9.98. The molecule has 0 atom stereocenters. The number of nitrogen functional groups attached to an aromatic ring is 1. The monoisotopic (exact) mass is 340 g/mol. The topological polar surface area (TPSA) is 86.9 Å². The van der Waals surface area contributed by atoms with Crippen LogP contribution in [-0.2, 0) is 6.54 Å². The number of carbonyl (C=O) groups is 1. The molecule has 0 saturated heterocycles. The van der Waals surface area contributed by atoms with Gasteiger partial charge in [0, 0.05) is 12.1 Å². The highest BCUT2D eigenvalue weighted by Crippen LogP contribution is 2.29. The van der Waals surface area contributed by atoms with Crippen molar-refractivity contribution in [2.24, 2.45) is 5.73 Å². The number of nitrogens with zero attached hydrogens (tertiary/aromatic N) is 2. The first kappa shape index (κ1) is 16.5. The molecule has 1 aromatic heterocycles. The molecule has 110 valence electrons. The van der Waals surface area contributed by atoms with Gasteiger partial charge in [-0.3, -0.25) is 4.79 Å². The van der Waals surface area contributed by atoms with Gasteiger partial charge in [-0.1, -0.05) is 20.8 Å². The van der Waals surface area contributed by atoms with Crippen LogP contribution in [0.1, 0.15) is 49.0 Å².